The SMILES string of the molecule is CN(C)CCCN(C)c1nccc(CO)c1F. The number of nitrogens with zero attached hydrogens (tertiary/aromatic N) is 3. The molecule has 0 spiro atoms. The Balaban J connectivity index is 2.65. The van der Waals surface area contributed by atoms with Gasteiger partial charge in [0.2, 0.25) is 0 Å². The lowest BCUT2D eigenvalue weighted by Crippen LogP contribution is -2.25. The Morgan fingerprint density at radius 1 is 1.29 bits per heavy atom. The van der Waals surface area contributed by atoms with Gasteiger partial charge in [-0.05, 0) is 33.1 Å². The molecule has 4 nitrogen and oxygen atoms in total. The van der Waals surface area contributed by atoms with Gasteiger partial charge in [0.1, 0.15) is 0 Å². The van der Waals surface area contributed by atoms with E-state index in [2.05, 4.69) is 9.88 Å². The van der Waals surface area contributed by atoms with Crippen LogP contribution in [0.2, 0.25) is 0 Å². The zero-order chi connectivity index (χ0) is 12.8. The number of hydrogen-bond donors (Lipinski definition) is 1. The third-order valence-electron chi connectivity index (χ3n) is 2.58. The molecule has 0 fully saturated rings. The minimum Gasteiger partial charge on any atom is -0.392 e. The van der Waals surface area contributed by atoms with Crippen LogP contribution in [-0.2, 0) is 6.61 Å². The molecule has 0 unspecified atom stereocenters. The number of rotatable bonds is 6. The van der Waals surface area contributed by atoms with E-state index in [1.165, 1.54) is 12.3 Å². The molecule has 0 atom stereocenters. The van der Waals surface area contributed by atoms with E-state index in [0.717, 1.165) is 19.5 Å². The molecule has 0 aliphatic rings. The molecule has 0 aliphatic carbocycles. The molecule has 1 N–H and O–H groups in total. The molecular weight excluding hydrogens is 221 g/mol. The van der Waals surface area contributed by atoms with Crippen molar-refractivity contribution in [3.05, 3.63) is 23.6 Å². The molecule has 1 rings (SSSR count). The van der Waals surface area contributed by atoms with Gasteiger partial charge in [0.05, 0.1) is 6.61 Å². The van der Waals surface area contributed by atoms with Crippen molar-refractivity contribution in [1.29, 1.82) is 0 Å². The number of aliphatic hydroxyl groups is 1. The average molecular weight is 241 g/mol. The van der Waals surface area contributed by atoms with Crippen molar-refractivity contribution >= 4 is 5.82 Å². The van der Waals surface area contributed by atoms with E-state index in [0.29, 0.717) is 5.82 Å². The number of halogens is 1. The van der Waals surface area contributed by atoms with E-state index in [9.17, 15) is 4.39 Å². The first kappa shape index (κ1) is 13.9. The monoisotopic (exact) mass is 241 g/mol. The average Bonchev–Trinajstić information content (AvgIpc) is 2.28. The molecule has 1 heterocycles. The van der Waals surface area contributed by atoms with Crippen molar-refractivity contribution in [3.63, 3.8) is 0 Å². The van der Waals surface area contributed by atoms with E-state index in [-0.39, 0.29) is 12.2 Å². The second-order valence-electron chi connectivity index (χ2n) is 4.34. The van der Waals surface area contributed by atoms with Gasteiger partial charge in [-0.15, -0.1) is 0 Å². The molecule has 5 heteroatoms. The second kappa shape index (κ2) is 6.51. The van der Waals surface area contributed by atoms with Crippen molar-refractivity contribution in [2.24, 2.45) is 0 Å². The van der Waals surface area contributed by atoms with Gasteiger partial charge >= 0.3 is 0 Å². The molecule has 0 aliphatic heterocycles. The zero-order valence-corrected chi connectivity index (χ0v) is 10.6. The van der Waals surface area contributed by atoms with Gasteiger partial charge in [-0.25, -0.2) is 9.37 Å². The summed E-state index contributed by atoms with van der Waals surface area (Å²) in [6.07, 6.45) is 2.46. The predicted octanol–water partition coefficient (Wildman–Crippen LogP) is 1.10. The lowest BCUT2D eigenvalue weighted by Gasteiger charge is -2.20. The lowest BCUT2D eigenvalue weighted by atomic mass is 10.2. The van der Waals surface area contributed by atoms with Gasteiger partial charge in [0, 0.05) is 25.4 Å². The molecule has 0 aromatic carbocycles. The van der Waals surface area contributed by atoms with E-state index in [1.54, 1.807) is 4.90 Å². The molecule has 17 heavy (non-hydrogen) atoms. The van der Waals surface area contributed by atoms with Gasteiger partial charge in [-0.1, -0.05) is 0 Å². The van der Waals surface area contributed by atoms with Crippen LogP contribution in [0.15, 0.2) is 12.3 Å². The van der Waals surface area contributed by atoms with Crippen LogP contribution in [-0.4, -0.2) is 49.2 Å². The Labute approximate surface area is 102 Å². The highest BCUT2D eigenvalue weighted by molar-refractivity contribution is 5.41. The van der Waals surface area contributed by atoms with E-state index >= 15 is 0 Å². The van der Waals surface area contributed by atoms with Crippen molar-refractivity contribution in [1.82, 2.24) is 9.88 Å². The van der Waals surface area contributed by atoms with Crippen LogP contribution in [0.5, 0.6) is 0 Å². The number of aromatic nitrogens is 1. The summed E-state index contributed by atoms with van der Waals surface area (Å²) in [7, 11) is 5.82. The third-order valence-corrected chi connectivity index (χ3v) is 2.58. The Bertz CT molecular complexity index is 358. The fourth-order valence-electron chi connectivity index (χ4n) is 1.59. The molecule has 1 aromatic rings. The van der Waals surface area contributed by atoms with Crippen molar-refractivity contribution in [2.45, 2.75) is 13.0 Å². The van der Waals surface area contributed by atoms with Gasteiger partial charge < -0.3 is 14.9 Å². The zero-order valence-electron chi connectivity index (χ0n) is 10.6. The van der Waals surface area contributed by atoms with Crippen LogP contribution in [0, 0.1) is 5.82 Å². The molecule has 1 aromatic heterocycles. The van der Waals surface area contributed by atoms with Gasteiger partial charge in [0.25, 0.3) is 0 Å². The maximum absolute atomic E-state index is 13.8. The summed E-state index contributed by atoms with van der Waals surface area (Å²) in [5, 5.41) is 8.98. The fourth-order valence-corrected chi connectivity index (χ4v) is 1.59. The highest BCUT2D eigenvalue weighted by Gasteiger charge is 2.12. The van der Waals surface area contributed by atoms with Crippen LogP contribution in [0.4, 0.5) is 10.2 Å². The van der Waals surface area contributed by atoms with Gasteiger partial charge in [-0.3, -0.25) is 0 Å². The predicted molar refractivity (Wildman–Crippen MR) is 66.6 cm³/mol. The van der Waals surface area contributed by atoms with E-state index < -0.39 is 5.82 Å². The summed E-state index contributed by atoms with van der Waals surface area (Å²) in [4.78, 5) is 7.87. The molecular formula is C12H20FN3O. The smallest absolute Gasteiger partial charge is 0.171 e. The topological polar surface area (TPSA) is 39.6 Å². The molecule has 0 radical (unpaired) electrons. The van der Waals surface area contributed by atoms with Gasteiger partial charge in [-0.2, -0.15) is 0 Å². The lowest BCUT2D eigenvalue weighted by molar-refractivity contribution is 0.275. The van der Waals surface area contributed by atoms with E-state index in [4.69, 9.17) is 5.11 Å². The summed E-state index contributed by atoms with van der Waals surface area (Å²) < 4.78 is 13.8. The number of aliphatic hydroxyl groups excluding tert-OH is 1. The molecule has 0 saturated heterocycles. The Morgan fingerprint density at radius 2 is 2.00 bits per heavy atom. The normalized spacial score (nSPS) is 10.9. The van der Waals surface area contributed by atoms with Gasteiger partial charge in [0.15, 0.2) is 11.6 Å². The quantitative estimate of drug-likeness (QED) is 0.809. The summed E-state index contributed by atoms with van der Waals surface area (Å²) in [6, 6.07) is 1.49. The summed E-state index contributed by atoms with van der Waals surface area (Å²) in [6.45, 7) is 1.38. The maximum atomic E-state index is 13.8. The molecule has 0 amide bonds. The first-order valence-electron chi connectivity index (χ1n) is 5.66. The first-order valence-corrected chi connectivity index (χ1v) is 5.66. The minimum atomic E-state index is -0.428. The maximum Gasteiger partial charge on any atom is 0.171 e. The first-order chi connectivity index (χ1) is 8.06. The Kier molecular flexibility index (Phi) is 5.31. The summed E-state index contributed by atoms with van der Waals surface area (Å²) in [5.41, 5.74) is 0.287. The van der Waals surface area contributed by atoms with Crippen LogP contribution in [0.1, 0.15) is 12.0 Å². The largest absolute Gasteiger partial charge is 0.392 e. The Hall–Kier alpha value is -1.20. The third kappa shape index (κ3) is 3.94. The fraction of sp³-hybridized carbons (Fsp3) is 0.583. The van der Waals surface area contributed by atoms with Crippen LogP contribution < -0.4 is 4.90 Å². The van der Waals surface area contributed by atoms with Crippen LogP contribution in [0.3, 0.4) is 0 Å². The highest BCUT2D eigenvalue weighted by atomic mass is 19.1. The summed E-state index contributed by atoms with van der Waals surface area (Å²) >= 11 is 0. The molecule has 96 valence electrons. The van der Waals surface area contributed by atoms with E-state index in [1.807, 2.05) is 21.1 Å². The summed E-state index contributed by atoms with van der Waals surface area (Å²) in [5.74, 6) is -0.127. The molecule has 0 bridgehead atoms. The number of hydrogen-bond acceptors (Lipinski definition) is 4. The number of pyridine rings is 1. The van der Waals surface area contributed by atoms with Crippen molar-refractivity contribution < 1.29 is 9.50 Å². The minimum absolute atomic E-state index is 0.287. The highest BCUT2D eigenvalue weighted by Crippen LogP contribution is 2.18. The number of anilines is 1. The van der Waals surface area contributed by atoms with Crippen molar-refractivity contribution in [3.8, 4) is 0 Å². The standard InChI is InChI=1S/C12H20FN3O/c1-15(2)7-4-8-16(3)12-11(13)10(9-17)5-6-14-12/h5-6,17H,4,7-9H2,1-3H3. The second-order valence-corrected chi connectivity index (χ2v) is 4.34. The molecule has 0 saturated carbocycles. The van der Waals surface area contributed by atoms with Crippen LogP contribution in [0.25, 0.3) is 0 Å². The van der Waals surface area contributed by atoms with Crippen molar-refractivity contribution in [2.75, 3.05) is 39.1 Å². The Morgan fingerprint density at radius 3 is 2.59 bits per heavy atom. The van der Waals surface area contributed by atoms with Crippen LogP contribution >= 0.6 is 0 Å².